The highest BCUT2D eigenvalue weighted by Crippen LogP contribution is 2.20. The van der Waals surface area contributed by atoms with Gasteiger partial charge in [-0.25, -0.2) is 9.48 Å². The molecule has 1 heterocycles. The van der Waals surface area contributed by atoms with Crippen LogP contribution in [0.1, 0.15) is 5.56 Å². The van der Waals surface area contributed by atoms with Crippen LogP contribution in [0.4, 0.5) is 10.5 Å². The van der Waals surface area contributed by atoms with Gasteiger partial charge in [0.1, 0.15) is 12.4 Å². The first-order valence-corrected chi connectivity index (χ1v) is 7.42. The maximum Gasteiger partial charge on any atom is 0.411 e. The highest BCUT2D eigenvalue weighted by Gasteiger charge is 2.07. The van der Waals surface area contributed by atoms with Crippen molar-refractivity contribution in [2.75, 3.05) is 12.4 Å². The number of benzene rings is 2. The fourth-order valence-electron chi connectivity index (χ4n) is 2.21. The Balaban J connectivity index is 1.67. The van der Waals surface area contributed by atoms with E-state index in [9.17, 15) is 4.79 Å². The molecule has 0 saturated heterocycles. The fraction of sp³-hybridized carbons (Fsp3) is 0.111. The molecule has 0 aliphatic heterocycles. The molecule has 6 nitrogen and oxygen atoms in total. The SMILES string of the molecule is COC(=O)Nc1ccccc1COc1ccc(-n2cccn2)cc1. The third-order valence-corrected chi connectivity index (χ3v) is 3.44. The summed E-state index contributed by atoms with van der Waals surface area (Å²) < 4.78 is 12.2. The Bertz CT molecular complexity index is 799. The minimum Gasteiger partial charge on any atom is -0.489 e. The fourth-order valence-corrected chi connectivity index (χ4v) is 2.21. The van der Waals surface area contributed by atoms with Gasteiger partial charge in [0.15, 0.2) is 0 Å². The molecule has 3 rings (SSSR count). The summed E-state index contributed by atoms with van der Waals surface area (Å²) in [6.07, 6.45) is 3.10. The molecular weight excluding hydrogens is 306 g/mol. The number of amides is 1. The highest BCUT2D eigenvalue weighted by atomic mass is 16.5. The van der Waals surface area contributed by atoms with Gasteiger partial charge in [-0.1, -0.05) is 18.2 Å². The largest absolute Gasteiger partial charge is 0.489 e. The Morgan fingerprint density at radius 2 is 1.92 bits per heavy atom. The number of aromatic nitrogens is 2. The normalized spacial score (nSPS) is 10.2. The molecule has 0 radical (unpaired) electrons. The van der Waals surface area contributed by atoms with Crippen LogP contribution >= 0.6 is 0 Å². The lowest BCUT2D eigenvalue weighted by Crippen LogP contribution is -2.13. The monoisotopic (exact) mass is 323 g/mol. The summed E-state index contributed by atoms with van der Waals surface area (Å²) in [5, 5.41) is 6.85. The van der Waals surface area contributed by atoms with Crippen molar-refractivity contribution in [2.24, 2.45) is 0 Å². The molecule has 24 heavy (non-hydrogen) atoms. The van der Waals surface area contributed by atoms with Crippen LogP contribution in [0.3, 0.4) is 0 Å². The van der Waals surface area contributed by atoms with Gasteiger partial charge < -0.3 is 9.47 Å². The lowest BCUT2D eigenvalue weighted by molar-refractivity contribution is 0.187. The lowest BCUT2D eigenvalue weighted by Gasteiger charge is -2.12. The van der Waals surface area contributed by atoms with Crippen LogP contribution in [-0.2, 0) is 11.3 Å². The molecular formula is C18H17N3O3. The Labute approximate surface area is 139 Å². The van der Waals surface area contributed by atoms with Gasteiger partial charge in [0, 0.05) is 18.0 Å². The molecule has 0 atom stereocenters. The van der Waals surface area contributed by atoms with Crippen molar-refractivity contribution in [2.45, 2.75) is 6.61 Å². The predicted octanol–water partition coefficient (Wildman–Crippen LogP) is 3.63. The van der Waals surface area contributed by atoms with E-state index in [0.29, 0.717) is 12.3 Å². The summed E-state index contributed by atoms with van der Waals surface area (Å²) in [4.78, 5) is 11.4. The molecule has 0 spiro atoms. The number of carbonyl (C=O) groups is 1. The number of nitrogens with one attached hydrogen (secondary N) is 1. The Morgan fingerprint density at radius 1 is 1.12 bits per heavy atom. The Hall–Kier alpha value is -3.28. The van der Waals surface area contributed by atoms with E-state index < -0.39 is 6.09 Å². The third kappa shape index (κ3) is 3.73. The minimum atomic E-state index is -0.508. The smallest absolute Gasteiger partial charge is 0.411 e. The number of nitrogens with zero attached hydrogens (tertiary/aromatic N) is 2. The first kappa shape index (κ1) is 15.6. The number of hydrogen-bond acceptors (Lipinski definition) is 4. The topological polar surface area (TPSA) is 65.4 Å². The summed E-state index contributed by atoms with van der Waals surface area (Å²) in [5.74, 6) is 0.735. The maximum atomic E-state index is 11.4. The van der Waals surface area contributed by atoms with Gasteiger partial charge >= 0.3 is 6.09 Å². The summed E-state index contributed by atoms with van der Waals surface area (Å²) in [6, 6.07) is 16.9. The van der Waals surface area contributed by atoms with E-state index in [1.165, 1.54) is 7.11 Å². The molecule has 0 aliphatic carbocycles. The summed E-state index contributed by atoms with van der Waals surface area (Å²) in [7, 11) is 1.33. The second kappa shape index (κ2) is 7.32. The zero-order chi connectivity index (χ0) is 16.8. The van der Waals surface area contributed by atoms with E-state index in [0.717, 1.165) is 17.0 Å². The minimum absolute atomic E-state index is 0.335. The molecule has 0 bridgehead atoms. The van der Waals surface area contributed by atoms with Gasteiger partial charge in [-0.15, -0.1) is 0 Å². The maximum absolute atomic E-state index is 11.4. The molecule has 122 valence electrons. The van der Waals surface area contributed by atoms with Crippen molar-refractivity contribution >= 4 is 11.8 Å². The molecule has 3 aromatic rings. The quantitative estimate of drug-likeness (QED) is 0.778. The Morgan fingerprint density at radius 3 is 2.62 bits per heavy atom. The number of para-hydroxylation sites is 1. The molecule has 6 heteroatoms. The number of rotatable bonds is 5. The average molecular weight is 323 g/mol. The van der Waals surface area contributed by atoms with Crippen LogP contribution in [-0.4, -0.2) is 23.0 Å². The number of carbonyl (C=O) groups excluding carboxylic acids is 1. The molecule has 0 aliphatic rings. The van der Waals surface area contributed by atoms with Crippen LogP contribution < -0.4 is 10.1 Å². The summed E-state index contributed by atoms with van der Waals surface area (Å²) >= 11 is 0. The van der Waals surface area contributed by atoms with E-state index in [-0.39, 0.29) is 0 Å². The Kier molecular flexibility index (Phi) is 4.76. The zero-order valence-electron chi connectivity index (χ0n) is 13.2. The number of hydrogen-bond donors (Lipinski definition) is 1. The van der Waals surface area contributed by atoms with E-state index in [1.54, 1.807) is 16.9 Å². The van der Waals surface area contributed by atoms with Gasteiger partial charge in [-0.05, 0) is 36.4 Å². The van der Waals surface area contributed by atoms with Gasteiger partial charge in [-0.3, -0.25) is 5.32 Å². The van der Waals surface area contributed by atoms with Crippen molar-refractivity contribution in [1.82, 2.24) is 9.78 Å². The second-order valence-corrected chi connectivity index (χ2v) is 5.01. The summed E-state index contributed by atoms with van der Waals surface area (Å²) in [6.45, 7) is 0.335. The van der Waals surface area contributed by atoms with E-state index in [4.69, 9.17) is 4.74 Å². The standard InChI is InChI=1S/C18H17N3O3/c1-23-18(22)20-17-6-3-2-5-14(17)13-24-16-9-7-15(8-10-16)21-12-4-11-19-21/h2-12H,13H2,1H3,(H,20,22). The van der Waals surface area contributed by atoms with Crippen LogP contribution in [0.15, 0.2) is 67.0 Å². The molecule has 1 N–H and O–H groups in total. The highest BCUT2D eigenvalue weighted by molar-refractivity contribution is 5.85. The molecule has 0 fully saturated rings. The first-order valence-electron chi connectivity index (χ1n) is 7.42. The van der Waals surface area contributed by atoms with Crippen LogP contribution in [0.2, 0.25) is 0 Å². The van der Waals surface area contributed by atoms with Crippen LogP contribution in [0.5, 0.6) is 5.75 Å². The van der Waals surface area contributed by atoms with Crippen LogP contribution in [0.25, 0.3) is 5.69 Å². The van der Waals surface area contributed by atoms with Gasteiger partial charge in [0.25, 0.3) is 0 Å². The number of methoxy groups -OCH3 is 1. The molecule has 0 unspecified atom stereocenters. The second-order valence-electron chi connectivity index (χ2n) is 5.01. The van der Waals surface area contributed by atoms with Gasteiger partial charge in [-0.2, -0.15) is 5.10 Å². The van der Waals surface area contributed by atoms with E-state index >= 15 is 0 Å². The molecule has 0 saturated carbocycles. The van der Waals surface area contributed by atoms with E-state index in [1.807, 2.05) is 54.7 Å². The van der Waals surface area contributed by atoms with Crippen molar-refractivity contribution in [3.05, 3.63) is 72.6 Å². The van der Waals surface area contributed by atoms with E-state index in [2.05, 4.69) is 15.2 Å². The van der Waals surface area contributed by atoms with Crippen molar-refractivity contribution in [3.63, 3.8) is 0 Å². The third-order valence-electron chi connectivity index (χ3n) is 3.44. The number of ether oxygens (including phenoxy) is 2. The van der Waals surface area contributed by atoms with Crippen molar-refractivity contribution < 1.29 is 14.3 Å². The van der Waals surface area contributed by atoms with Gasteiger partial charge in [0.2, 0.25) is 0 Å². The molecule has 1 aromatic heterocycles. The van der Waals surface area contributed by atoms with Crippen molar-refractivity contribution in [1.29, 1.82) is 0 Å². The predicted molar refractivity (Wildman–Crippen MR) is 90.4 cm³/mol. The van der Waals surface area contributed by atoms with Crippen molar-refractivity contribution in [3.8, 4) is 11.4 Å². The zero-order valence-corrected chi connectivity index (χ0v) is 13.2. The first-order chi connectivity index (χ1) is 11.8. The molecule has 1 amide bonds. The molecule has 2 aromatic carbocycles. The van der Waals surface area contributed by atoms with Crippen LogP contribution in [0, 0.1) is 0 Å². The van der Waals surface area contributed by atoms with Gasteiger partial charge in [0.05, 0.1) is 18.5 Å². The lowest BCUT2D eigenvalue weighted by atomic mass is 10.2. The average Bonchev–Trinajstić information content (AvgIpc) is 3.16. The summed E-state index contributed by atoms with van der Waals surface area (Å²) in [5.41, 5.74) is 2.48. The number of anilines is 1.